The van der Waals surface area contributed by atoms with Crippen LogP contribution in [-0.4, -0.2) is 31.2 Å². The van der Waals surface area contributed by atoms with E-state index >= 15 is 0 Å². The summed E-state index contributed by atoms with van der Waals surface area (Å²) in [5, 5.41) is 0. The van der Waals surface area contributed by atoms with Gasteiger partial charge in [0.15, 0.2) is 6.29 Å². The third kappa shape index (κ3) is 6.59. The summed E-state index contributed by atoms with van der Waals surface area (Å²) in [7, 11) is 1.74. The van der Waals surface area contributed by atoms with Crippen molar-refractivity contribution in [3.8, 4) is 11.8 Å². The molecule has 0 N–H and O–H groups in total. The molecule has 3 nitrogen and oxygen atoms in total. The first-order chi connectivity index (χ1) is 11.3. The summed E-state index contributed by atoms with van der Waals surface area (Å²) in [5.74, 6) is 6.90. The van der Waals surface area contributed by atoms with E-state index in [1.54, 1.807) is 7.11 Å². The summed E-state index contributed by atoms with van der Waals surface area (Å²) in [5.41, 5.74) is -1.26. The molecule has 0 aromatic rings. The molecule has 0 aliphatic carbocycles. The first-order valence-electron chi connectivity index (χ1n) is 9.73. The van der Waals surface area contributed by atoms with Crippen molar-refractivity contribution in [3.05, 3.63) is 0 Å². The lowest BCUT2D eigenvalue weighted by Crippen LogP contribution is -2.45. The van der Waals surface area contributed by atoms with E-state index in [1.807, 2.05) is 13.8 Å². The summed E-state index contributed by atoms with van der Waals surface area (Å²) >= 11 is 0. The molecule has 0 aromatic heterocycles. The molecular weight excluding hydrogens is 312 g/mol. The Morgan fingerprint density at radius 1 is 0.800 bits per heavy atom. The molecule has 0 aromatic carbocycles. The zero-order valence-corrected chi connectivity index (χ0v) is 18.6. The van der Waals surface area contributed by atoms with E-state index in [2.05, 4.69) is 67.2 Å². The van der Waals surface area contributed by atoms with Crippen molar-refractivity contribution in [3.63, 3.8) is 0 Å². The van der Waals surface area contributed by atoms with E-state index in [0.29, 0.717) is 0 Å². The van der Waals surface area contributed by atoms with Crippen LogP contribution in [-0.2, 0) is 14.2 Å². The van der Waals surface area contributed by atoms with Gasteiger partial charge in [-0.05, 0) is 74.7 Å². The molecule has 25 heavy (non-hydrogen) atoms. The second-order valence-electron chi connectivity index (χ2n) is 8.64. The Labute approximate surface area is 157 Å². The maximum atomic E-state index is 6.26. The molecule has 1 fully saturated rings. The highest BCUT2D eigenvalue weighted by atomic mass is 16.7. The number of methoxy groups -OCH3 is 1. The van der Waals surface area contributed by atoms with Gasteiger partial charge in [0, 0.05) is 13.7 Å². The normalized spacial score (nSPS) is 19.4. The molecule has 1 heterocycles. The molecule has 148 valence electrons. The van der Waals surface area contributed by atoms with Crippen molar-refractivity contribution in [2.24, 2.45) is 10.8 Å². The highest BCUT2D eigenvalue weighted by Crippen LogP contribution is 2.38. The lowest BCUT2D eigenvalue weighted by molar-refractivity contribution is -0.235. The van der Waals surface area contributed by atoms with E-state index in [-0.39, 0.29) is 22.7 Å². The molecule has 0 spiro atoms. The van der Waals surface area contributed by atoms with Crippen molar-refractivity contribution in [1.29, 1.82) is 0 Å². The van der Waals surface area contributed by atoms with Crippen LogP contribution in [0, 0.1) is 22.7 Å². The Kier molecular flexibility index (Phi) is 9.19. The predicted octanol–water partition coefficient (Wildman–Crippen LogP) is 5.82. The van der Waals surface area contributed by atoms with Crippen LogP contribution >= 0.6 is 0 Å². The van der Waals surface area contributed by atoms with Gasteiger partial charge in [-0.15, -0.1) is 0 Å². The van der Waals surface area contributed by atoms with Crippen LogP contribution in [0.4, 0.5) is 0 Å². The molecule has 0 saturated carbocycles. The van der Waals surface area contributed by atoms with Gasteiger partial charge in [0.2, 0.25) is 0 Å². The zero-order chi connectivity index (χ0) is 19.9. The summed E-state index contributed by atoms with van der Waals surface area (Å²) in [6.45, 7) is 21.7. The molecular formula is C22H42O3. The number of hydrogen-bond acceptors (Lipinski definition) is 3. The standard InChI is InChI=1S/C20H36O3.C2H6/c1-17(2,19(5,6)21-9)13-14-18(3,4)20(7,8)23-16-12-10-11-15-22-16;1-2/h16H,10-12,15H2,1-9H3;1-2H3. The first-order valence-corrected chi connectivity index (χ1v) is 9.73. The van der Waals surface area contributed by atoms with Crippen molar-refractivity contribution < 1.29 is 14.2 Å². The van der Waals surface area contributed by atoms with Crippen LogP contribution in [0.15, 0.2) is 0 Å². The SMILES string of the molecule is CC.COC(C)(C)C(C)(C)C#CC(C)(C)C(C)(C)OC1CCCCO1. The topological polar surface area (TPSA) is 27.7 Å². The van der Waals surface area contributed by atoms with E-state index < -0.39 is 5.60 Å². The average Bonchev–Trinajstić information content (AvgIpc) is 2.55. The predicted molar refractivity (Wildman–Crippen MR) is 107 cm³/mol. The summed E-state index contributed by atoms with van der Waals surface area (Å²) in [6, 6.07) is 0. The molecule has 1 atom stereocenters. The third-order valence-electron chi connectivity index (χ3n) is 5.77. The summed E-state index contributed by atoms with van der Waals surface area (Å²) in [4.78, 5) is 0. The van der Waals surface area contributed by atoms with Crippen LogP contribution in [0.5, 0.6) is 0 Å². The molecule has 0 amide bonds. The molecule has 0 bridgehead atoms. The quantitative estimate of drug-likeness (QED) is 0.583. The maximum absolute atomic E-state index is 6.26. The monoisotopic (exact) mass is 354 g/mol. The van der Waals surface area contributed by atoms with Crippen LogP contribution < -0.4 is 0 Å². The fraction of sp³-hybridized carbons (Fsp3) is 0.909. The number of rotatable bonds is 5. The smallest absolute Gasteiger partial charge is 0.158 e. The van der Waals surface area contributed by atoms with Gasteiger partial charge in [0.05, 0.1) is 22.0 Å². The fourth-order valence-electron chi connectivity index (χ4n) is 2.15. The van der Waals surface area contributed by atoms with Gasteiger partial charge in [-0.2, -0.15) is 0 Å². The highest BCUT2D eigenvalue weighted by molar-refractivity contribution is 5.22. The van der Waals surface area contributed by atoms with Gasteiger partial charge in [-0.25, -0.2) is 0 Å². The van der Waals surface area contributed by atoms with Crippen molar-refractivity contribution in [1.82, 2.24) is 0 Å². The lowest BCUT2D eigenvalue weighted by Gasteiger charge is -2.42. The minimum atomic E-state index is -0.394. The minimum Gasteiger partial charge on any atom is -0.377 e. The van der Waals surface area contributed by atoms with Crippen LogP contribution in [0.3, 0.4) is 0 Å². The van der Waals surface area contributed by atoms with E-state index in [4.69, 9.17) is 14.2 Å². The van der Waals surface area contributed by atoms with Gasteiger partial charge in [-0.3, -0.25) is 0 Å². The fourth-order valence-corrected chi connectivity index (χ4v) is 2.15. The van der Waals surface area contributed by atoms with Gasteiger partial charge in [0.1, 0.15) is 0 Å². The van der Waals surface area contributed by atoms with Gasteiger partial charge in [0.25, 0.3) is 0 Å². The Bertz CT molecular complexity index is 444. The van der Waals surface area contributed by atoms with Gasteiger partial charge < -0.3 is 14.2 Å². The molecule has 1 aliphatic rings. The summed E-state index contributed by atoms with van der Waals surface area (Å²) < 4.78 is 17.6. The molecule has 1 rings (SSSR count). The highest BCUT2D eigenvalue weighted by Gasteiger charge is 2.41. The second-order valence-corrected chi connectivity index (χ2v) is 8.64. The van der Waals surface area contributed by atoms with Gasteiger partial charge >= 0.3 is 0 Å². The zero-order valence-electron chi connectivity index (χ0n) is 18.6. The number of hydrogen-bond donors (Lipinski definition) is 0. The maximum Gasteiger partial charge on any atom is 0.158 e. The minimum absolute atomic E-state index is 0.108. The van der Waals surface area contributed by atoms with Crippen molar-refractivity contribution in [2.75, 3.05) is 13.7 Å². The van der Waals surface area contributed by atoms with E-state index in [9.17, 15) is 0 Å². The lowest BCUT2D eigenvalue weighted by atomic mass is 9.73. The molecule has 1 unspecified atom stereocenters. The Hall–Kier alpha value is -0.560. The second kappa shape index (κ2) is 9.40. The van der Waals surface area contributed by atoms with E-state index in [0.717, 1.165) is 19.4 Å². The van der Waals surface area contributed by atoms with Crippen LogP contribution in [0.1, 0.15) is 88.5 Å². The van der Waals surface area contributed by atoms with Gasteiger partial charge in [-0.1, -0.05) is 25.7 Å². The van der Waals surface area contributed by atoms with Crippen LogP contribution in [0.25, 0.3) is 0 Å². The molecule has 1 aliphatic heterocycles. The van der Waals surface area contributed by atoms with E-state index in [1.165, 1.54) is 6.42 Å². The molecule has 0 radical (unpaired) electrons. The van der Waals surface area contributed by atoms with Crippen LogP contribution in [0.2, 0.25) is 0 Å². The largest absolute Gasteiger partial charge is 0.377 e. The van der Waals surface area contributed by atoms with Crippen molar-refractivity contribution in [2.45, 2.75) is 106 Å². The third-order valence-corrected chi connectivity index (χ3v) is 5.77. The Balaban J connectivity index is 0.00000277. The first kappa shape index (κ1) is 24.4. The average molecular weight is 355 g/mol. The number of ether oxygens (including phenoxy) is 3. The molecule has 1 saturated heterocycles. The molecule has 3 heteroatoms. The Morgan fingerprint density at radius 2 is 1.28 bits per heavy atom. The van der Waals surface area contributed by atoms with Crippen molar-refractivity contribution >= 4 is 0 Å². The Morgan fingerprint density at radius 3 is 1.68 bits per heavy atom. The summed E-state index contributed by atoms with van der Waals surface area (Å²) in [6.07, 6.45) is 3.16.